The van der Waals surface area contributed by atoms with Gasteiger partial charge in [0.25, 0.3) is 11.1 Å². The van der Waals surface area contributed by atoms with Crippen molar-refractivity contribution in [1.29, 1.82) is 0 Å². The fraction of sp³-hybridized carbons (Fsp3) is 0.286. The number of aromatic nitrogens is 2. The number of carbonyl (C=O) groups is 1. The summed E-state index contributed by atoms with van der Waals surface area (Å²) in [4.78, 5) is 37.0. The van der Waals surface area contributed by atoms with Gasteiger partial charge in [-0.15, -0.1) is 0 Å². The molecule has 1 aromatic heterocycles. The summed E-state index contributed by atoms with van der Waals surface area (Å²) in [6.07, 6.45) is -0.0793. The maximum absolute atomic E-state index is 11.1. The van der Waals surface area contributed by atoms with Crippen molar-refractivity contribution >= 4 is 5.97 Å². The molecule has 0 aliphatic heterocycles. The summed E-state index contributed by atoms with van der Waals surface area (Å²) in [6, 6.07) is 2.23. The van der Waals surface area contributed by atoms with E-state index in [-0.39, 0.29) is 13.0 Å². The number of nitrogens with one attached hydrogen (secondary N) is 2. The van der Waals surface area contributed by atoms with E-state index < -0.39 is 17.1 Å². The van der Waals surface area contributed by atoms with Crippen molar-refractivity contribution in [3.63, 3.8) is 0 Å². The lowest BCUT2D eigenvalue weighted by Gasteiger charge is -2.03. The minimum atomic E-state index is -0.630. The Bertz CT molecular complexity index is 449. The Balaban J connectivity index is 2.65. The van der Waals surface area contributed by atoms with Crippen LogP contribution in [0.25, 0.3) is 0 Å². The van der Waals surface area contributed by atoms with Crippen LogP contribution in [0.15, 0.2) is 21.7 Å². The van der Waals surface area contributed by atoms with Crippen molar-refractivity contribution in [1.82, 2.24) is 15.4 Å². The predicted molar refractivity (Wildman–Crippen MR) is 49.4 cm³/mol. The van der Waals surface area contributed by atoms with E-state index in [0.29, 0.717) is 0 Å². The van der Waals surface area contributed by atoms with Crippen LogP contribution < -0.4 is 22.6 Å². The van der Waals surface area contributed by atoms with Gasteiger partial charge in [0.2, 0.25) is 0 Å². The van der Waals surface area contributed by atoms with Gasteiger partial charge in [-0.2, -0.15) is 0 Å². The second-order valence-corrected chi connectivity index (χ2v) is 2.64. The average Bonchev–Trinajstić information content (AvgIpc) is 2.20. The van der Waals surface area contributed by atoms with Crippen LogP contribution in [0, 0.1) is 0 Å². The third-order valence-electron chi connectivity index (χ3n) is 1.60. The van der Waals surface area contributed by atoms with Gasteiger partial charge >= 0.3 is 5.97 Å². The number of aryl methyl sites for hydroxylation is 1. The molecule has 0 bridgehead atoms. The summed E-state index contributed by atoms with van der Waals surface area (Å²) in [5.74, 6) is 4.10. The van der Waals surface area contributed by atoms with E-state index in [1.165, 1.54) is 0 Å². The van der Waals surface area contributed by atoms with Crippen LogP contribution in [0.5, 0.6) is 0 Å². The summed E-state index contributed by atoms with van der Waals surface area (Å²) in [6.45, 7) is 0.0232. The van der Waals surface area contributed by atoms with Crippen molar-refractivity contribution in [3.05, 3.63) is 32.8 Å². The topological polar surface area (TPSA) is 119 Å². The molecule has 15 heavy (non-hydrogen) atoms. The van der Waals surface area contributed by atoms with E-state index in [9.17, 15) is 14.4 Å². The average molecular weight is 214 g/mol. The molecular formula is C7H10N4O4. The first-order valence-corrected chi connectivity index (χ1v) is 4.09. The van der Waals surface area contributed by atoms with E-state index >= 15 is 0 Å². The molecule has 1 heterocycles. The van der Waals surface area contributed by atoms with Crippen molar-refractivity contribution in [2.45, 2.75) is 13.0 Å². The van der Waals surface area contributed by atoms with E-state index in [0.717, 1.165) is 16.8 Å². The molecule has 8 heteroatoms. The molecule has 0 fully saturated rings. The Hall–Kier alpha value is -1.93. The van der Waals surface area contributed by atoms with Crippen LogP contribution in [0.3, 0.4) is 0 Å². The Morgan fingerprint density at radius 1 is 1.53 bits per heavy atom. The van der Waals surface area contributed by atoms with Crippen LogP contribution >= 0.6 is 0 Å². The lowest BCUT2D eigenvalue weighted by Crippen LogP contribution is -2.31. The zero-order valence-electron chi connectivity index (χ0n) is 7.73. The summed E-state index contributed by atoms with van der Waals surface area (Å²) in [5.41, 5.74) is 0.904. The molecule has 0 aliphatic rings. The summed E-state index contributed by atoms with van der Waals surface area (Å²) < 4.78 is 1.01. The molecule has 0 atom stereocenters. The number of nitrogens with two attached hydrogens (primary N) is 1. The van der Waals surface area contributed by atoms with Crippen molar-refractivity contribution < 1.29 is 9.63 Å². The van der Waals surface area contributed by atoms with Gasteiger partial charge in [-0.25, -0.2) is 10.5 Å². The Kier molecular flexibility index (Phi) is 3.77. The van der Waals surface area contributed by atoms with Gasteiger partial charge in [-0.1, -0.05) is 5.59 Å². The van der Waals surface area contributed by atoms with Gasteiger partial charge in [0.15, 0.2) is 0 Å². The van der Waals surface area contributed by atoms with Crippen LogP contribution in [-0.4, -0.2) is 15.7 Å². The van der Waals surface area contributed by atoms with E-state index in [4.69, 9.17) is 5.84 Å². The summed E-state index contributed by atoms with van der Waals surface area (Å²) in [5, 5.41) is 2.26. The number of hydrogen-bond acceptors (Lipinski definition) is 6. The van der Waals surface area contributed by atoms with Crippen molar-refractivity contribution in [2.24, 2.45) is 5.84 Å². The van der Waals surface area contributed by atoms with Crippen molar-refractivity contribution in [2.75, 3.05) is 0 Å². The Morgan fingerprint density at radius 2 is 2.27 bits per heavy atom. The maximum atomic E-state index is 11.1. The number of rotatable bonds is 4. The lowest BCUT2D eigenvalue weighted by molar-refractivity contribution is -0.151. The van der Waals surface area contributed by atoms with Gasteiger partial charge in [0.1, 0.15) is 0 Å². The monoisotopic (exact) mass is 214 g/mol. The highest BCUT2D eigenvalue weighted by Crippen LogP contribution is 1.85. The SMILES string of the molecule is NNOC(=O)CCn1[nH]c(=O)ccc1=O. The molecule has 0 aliphatic carbocycles. The van der Waals surface area contributed by atoms with Gasteiger partial charge in [-0.05, 0) is 0 Å². The highest BCUT2D eigenvalue weighted by Gasteiger charge is 2.03. The normalized spacial score (nSPS) is 9.93. The molecule has 0 aromatic carbocycles. The minimum absolute atomic E-state index is 0.0232. The third-order valence-corrected chi connectivity index (χ3v) is 1.60. The summed E-state index contributed by atoms with van der Waals surface area (Å²) in [7, 11) is 0. The number of carbonyl (C=O) groups excluding carboxylic acids is 1. The largest absolute Gasteiger partial charge is 0.356 e. The second kappa shape index (κ2) is 5.08. The molecule has 8 nitrogen and oxygen atoms in total. The fourth-order valence-corrected chi connectivity index (χ4v) is 0.948. The molecule has 4 N–H and O–H groups in total. The van der Waals surface area contributed by atoms with Crippen LogP contribution in [0.2, 0.25) is 0 Å². The number of aromatic amines is 1. The molecule has 0 unspecified atom stereocenters. The molecule has 0 radical (unpaired) electrons. The molecule has 1 rings (SSSR count). The maximum Gasteiger partial charge on any atom is 0.328 e. The van der Waals surface area contributed by atoms with Crippen LogP contribution in [0.4, 0.5) is 0 Å². The summed E-state index contributed by atoms with van der Waals surface area (Å²) >= 11 is 0. The second-order valence-electron chi connectivity index (χ2n) is 2.64. The highest BCUT2D eigenvalue weighted by atomic mass is 16.7. The first kappa shape index (κ1) is 11.1. The minimum Gasteiger partial charge on any atom is -0.356 e. The Labute approximate surface area is 83.6 Å². The van der Waals surface area contributed by atoms with Crippen molar-refractivity contribution in [3.8, 4) is 0 Å². The molecular weight excluding hydrogens is 204 g/mol. The molecule has 0 spiro atoms. The number of hydrazine groups is 1. The number of hydrogen-bond donors (Lipinski definition) is 3. The van der Waals surface area contributed by atoms with Gasteiger partial charge < -0.3 is 4.84 Å². The fourth-order valence-electron chi connectivity index (χ4n) is 0.948. The molecule has 1 aromatic rings. The van der Waals surface area contributed by atoms with E-state index in [1.54, 1.807) is 5.59 Å². The lowest BCUT2D eigenvalue weighted by atomic mass is 10.4. The standard InChI is InChI=1S/C7H10N4O4/c8-10-15-7(14)3-4-11-6(13)2-1-5(12)9-11/h1-2,10H,3-4,8H2,(H,9,12). The van der Waals surface area contributed by atoms with E-state index in [2.05, 4.69) is 9.94 Å². The zero-order chi connectivity index (χ0) is 11.3. The first-order chi connectivity index (χ1) is 7.13. The highest BCUT2D eigenvalue weighted by molar-refractivity contribution is 5.68. The van der Waals surface area contributed by atoms with Crippen LogP contribution in [-0.2, 0) is 16.2 Å². The zero-order valence-corrected chi connectivity index (χ0v) is 7.73. The molecule has 82 valence electrons. The van der Waals surface area contributed by atoms with Crippen LogP contribution in [0.1, 0.15) is 6.42 Å². The predicted octanol–water partition coefficient (Wildman–Crippen LogP) is -2.15. The molecule has 0 saturated carbocycles. The quantitative estimate of drug-likeness (QED) is 0.388. The van der Waals surface area contributed by atoms with Gasteiger partial charge in [-0.3, -0.25) is 19.5 Å². The smallest absolute Gasteiger partial charge is 0.328 e. The Morgan fingerprint density at radius 3 is 2.93 bits per heavy atom. The van der Waals surface area contributed by atoms with E-state index in [1.807, 2.05) is 0 Å². The number of H-pyrrole nitrogens is 1. The van der Waals surface area contributed by atoms with Gasteiger partial charge in [0, 0.05) is 12.1 Å². The molecule has 0 saturated heterocycles. The third kappa shape index (κ3) is 3.37. The first-order valence-electron chi connectivity index (χ1n) is 4.09. The van der Waals surface area contributed by atoms with Gasteiger partial charge in [0.05, 0.1) is 13.0 Å². The number of nitrogens with zero attached hydrogens (tertiary/aromatic N) is 1. The molecule has 0 amide bonds.